The summed E-state index contributed by atoms with van der Waals surface area (Å²) in [5, 5.41) is 2.80. The van der Waals surface area contributed by atoms with Crippen LogP contribution in [-0.4, -0.2) is 29.8 Å². The minimum atomic E-state index is -0.162. The summed E-state index contributed by atoms with van der Waals surface area (Å²) in [7, 11) is 0. The van der Waals surface area contributed by atoms with Gasteiger partial charge in [-0.15, -0.1) is 0 Å². The molecule has 4 nitrogen and oxygen atoms in total. The second-order valence-electron chi connectivity index (χ2n) is 6.73. The van der Waals surface area contributed by atoms with E-state index in [1.165, 1.54) is 31.0 Å². The zero-order chi connectivity index (χ0) is 17.5. The molecule has 132 valence electrons. The van der Waals surface area contributed by atoms with E-state index in [4.69, 9.17) is 0 Å². The predicted molar refractivity (Wildman–Crippen MR) is 99.5 cm³/mol. The Morgan fingerprint density at radius 3 is 2.80 bits per heavy atom. The van der Waals surface area contributed by atoms with Crippen molar-refractivity contribution in [2.75, 3.05) is 13.1 Å². The van der Waals surface area contributed by atoms with Crippen molar-refractivity contribution in [3.05, 3.63) is 53.7 Å². The summed E-state index contributed by atoms with van der Waals surface area (Å²) in [6, 6.07) is 9.69. The van der Waals surface area contributed by atoms with Crippen LogP contribution in [0.25, 0.3) is 6.08 Å². The maximum atomic E-state index is 12.5. The fourth-order valence-electron chi connectivity index (χ4n) is 3.67. The molecule has 1 heterocycles. The zero-order valence-corrected chi connectivity index (χ0v) is 14.6. The van der Waals surface area contributed by atoms with E-state index < -0.39 is 0 Å². The van der Waals surface area contributed by atoms with E-state index in [2.05, 4.69) is 11.4 Å². The topological polar surface area (TPSA) is 49.4 Å². The number of piperidine rings is 1. The van der Waals surface area contributed by atoms with E-state index >= 15 is 0 Å². The molecule has 0 bridgehead atoms. The first-order valence-corrected chi connectivity index (χ1v) is 9.25. The first kappa shape index (κ1) is 17.5. The summed E-state index contributed by atoms with van der Waals surface area (Å²) < 4.78 is 0. The van der Waals surface area contributed by atoms with Crippen LogP contribution in [0, 0.1) is 5.92 Å². The third kappa shape index (κ3) is 4.81. The summed E-state index contributed by atoms with van der Waals surface area (Å²) in [4.78, 5) is 26.4. The highest BCUT2D eigenvalue weighted by Gasteiger charge is 2.29. The maximum Gasteiger partial charge on any atom is 0.244 e. The van der Waals surface area contributed by atoms with E-state index in [1.807, 2.05) is 35.2 Å². The summed E-state index contributed by atoms with van der Waals surface area (Å²) in [6.07, 6.45) is 11.7. The Bertz CT molecular complexity index is 664. The van der Waals surface area contributed by atoms with Gasteiger partial charge in [0.2, 0.25) is 11.8 Å². The van der Waals surface area contributed by atoms with Crippen molar-refractivity contribution >= 4 is 17.9 Å². The summed E-state index contributed by atoms with van der Waals surface area (Å²) in [5.74, 6) is 0.532. The minimum absolute atomic E-state index is 0.130. The number of fused-ring (bicyclic) bond motifs is 1. The Hall–Kier alpha value is -2.36. The SMILES string of the molecule is O=C(C=Cc1ccccc1)NCCC(=O)N1CCCC2CCCC=C21. The lowest BCUT2D eigenvalue weighted by Crippen LogP contribution is -2.40. The lowest BCUT2D eigenvalue weighted by Gasteiger charge is -2.38. The van der Waals surface area contributed by atoms with Gasteiger partial charge >= 0.3 is 0 Å². The van der Waals surface area contributed by atoms with E-state index in [9.17, 15) is 9.59 Å². The van der Waals surface area contributed by atoms with Gasteiger partial charge in [0.1, 0.15) is 0 Å². The van der Waals surface area contributed by atoms with Crippen LogP contribution < -0.4 is 5.32 Å². The fourth-order valence-corrected chi connectivity index (χ4v) is 3.67. The average Bonchev–Trinajstić information content (AvgIpc) is 2.66. The molecule has 1 aliphatic carbocycles. The van der Waals surface area contributed by atoms with Crippen molar-refractivity contribution in [1.82, 2.24) is 10.2 Å². The van der Waals surface area contributed by atoms with E-state index in [-0.39, 0.29) is 11.8 Å². The quantitative estimate of drug-likeness (QED) is 0.835. The van der Waals surface area contributed by atoms with Crippen LogP contribution in [0.5, 0.6) is 0 Å². The highest BCUT2D eigenvalue weighted by atomic mass is 16.2. The Morgan fingerprint density at radius 1 is 1.16 bits per heavy atom. The number of allylic oxidation sites excluding steroid dienone is 2. The van der Waals surface area contributed by atoms with Gasteiger partial charge in [-0.3, -0.25) is 9.59 Å². The average molecular weight is 338 g/mol. The molecule has 1 aromatic carbocycles. The third-order valence-corrected chi connectivity index (χ3v) is 4.94. The van der Waals surface area contributed by atoms with E-state index in [0.717, 1.165) is 24.9 Å². The number of likely N-dealkylation sites (tertiary alicyclic amines) is 1. The fraction of sp³-hybridized carbons (Fsp3) is 0.429. The summed E-state index contributed by atoms with van der Waals surface area (Å²) in [5.41, 5.74) is 2.22. The van der Waals surface area contributed by atoms with Crippen molar-refractivity contribution in [3.63, 3.8) is 0 Å². The first-order valence-electron chi connectivity index (χ1n) is 9.25. The molecule has 0 aromatic heterocycles. The number of carbonyl (C=O) groups excluding carboxylic acids is 2. The Labute approximate surface area is 149 Å². The normalized spacial score (nSPS) is 20.1. The molecule has 2 aliphatic rings. The van der Waals surface area contributed by atoms with Crippen LogP contribution in [0.3, 0.4) is 0 Å². The smallest absolute Gasteiger partial charge is 0.244 e. The number of hydrogen-bond donors (Lipinski definition) is 1. The second kappa shape index (κ2) is 8.65. The number of nitrogens with zero attached hydrogens (tertiary/aromatic N) is 1. The highest BCUT2D eigenvalue weighted by molar-refractivity contribution is 5.92. The lowest BCUT2D eigenvalue weighted by molar-refractivity contribution is -0.130. The molecule has 3 rings (SSSR count). The third-order valence-electron chi connectivity index (χ3n) is 4.94. The van der Waals surface area contributed by atoms with Gasteiger partial charge < -0.3 is 10.2 Å². The zero-order valence-electron chi connectivity index (χ0n) is 14.6. The highest BCUT2D eigenvalue weighted by Crippen LogP contribution is 2.35. The van der Waals surface area contributed by atoms with Crippen LogP contribution in [0.15, 0.2) is 48.2 Å². The van der Waals surface area contributed by atoms with Gasteiger partial charge in [-0.2, -0.15) is 0 Å². The van der Waals surface area contributed by atoms with Gasteiger partial charge in [0.15, 0.2) is 0 Å². The number of rotatable bonds is 5. The molecule has 0 saturated carbocycles. The molecule has 1 saturated heterocycles. The molecule has 1 fully saturated rings. The molecule has 25 heavy (non-hydrogen) atoms. The molecule has 0 spiro atoms. The number of benzene rings is 1. The van der Waals surface area contributed by atoms with Gasteiger partial charge in [0, 0.05) is 31.3 Å². The van der Waals surface area contributed by atoms with Crippen LogP contribution in [0.4, 0.5) is 0 Å². The number of carbonyl (C=O) groups is 2. The molecule has 1 aliphatic heterocycles. The van der Waals surface area contributed by atoms with Gasteiger partial charge in [-0.05, 0) is 49.7 Å². The van der Waals surface area contributed by atoms with Gasteiger partial charge in [0.05, 0.1) is 0 Å². The molecule has 4 heteroatoms. The molecule has 2 amide bonds. The van der Waals surface area contributed by atoms with Gasteiger partial charge in [-0.1, -0.05) is 36.4 Å². The first-order chi connectivity index (χ1) is 12.2. The Balaban J connectivity index is 1.45. The van der Waals surface area contributed by atoms with Crippen molar-refractivity contribution in [1.29, 1.82) is 0 Å². The van der Waals surface area contributed by atoms with Crippen molar-refractivity contribution in [3.8, 4) is 0 Å². The van der Waals surface area contributed by atoms with Crippen molar-refractivity contribution in [2.45, 2.75) is 38.5 Å². The maximum absolute atomic E-state index is 12.5. The van der Waals surface area contributed by atoms with Crippen LogP contribution >= 0.6 is 0 Å². The number of hydrogen-bond acceptors (Lipinski definition) is 2. The van der Waals surface area contributed by atoms with E-state index in [0.29, 0.717) is 18.9 Å². The molecule has 1 unspecified atom stereocenters. The summed E-state index contributed by atoms with van der Waals surface area (Å²) in [6.45, 7) is 1.20. The minimum Gasteiger partial charge on any atom is -0.352 e. The number of nitrogens with one attached hydrogen (secondary N) is 1. The molecule has 0 radical (unpaired) electrons. The van der Waals surface area contributed by atoms with Gasteiger partial charge in [-0.25, -0.2) is 0 Å². The van der Waals surface area contributed by atoms with Crippen LogP contribution in [0.1, 0.15) is 44.1 Å². The molecule has 1 N–H and O–H groups in total. The van der Waals surface area contributed by atoms with E-state index in [1.54, 1.807) is 6.08 Å². The molecule has 1 aromatic rings. The van der Waals surface area contributed by atoms with Crippen molar-refractivity contribution < 1.29 is 9.59 Å². The molecular formula is C21H26N2O2. The Morgan fingerprint density at radius 2 is 1.96 bits per heavy atom. The molecule has 1 atom stereocenters. The summed E-state index contributed by atoms with van der Waals surface area (Å²) >= 11 is 0. The van der Waals surface area contributed by atoms with Crippen LogP contribution in [0.2, 0.25) is 0 Å². The molecular weight excluding hydrogens is 312 g/mol. The second-order valence-corrected chi connectivity index (χ2v) is 6.73. The monoisotopic (exact) mass is 338 g/mol. The standard InChI is InChI=1S/C21H26N2O2/c24-20(13-12-17-7-2-1-3-8-17)22-15-14-21(25)23-16-6-10-18-9-4-5-11-19(18)23/h1-3,7-8,11-13,18H,4-6,9-10,14-16H2,(H,22,24). The van der Waals surface area contributed by atoms with Crippen molar-refractivity contribution in [2.24, 2.45) is 5.92 Å². The number of amides is 2. The lowest BCUT2D eigenvalue weighted by atomic mass is 9.85. The van der Waals surface area contributed by atoms with Gasteiger partial charge in [0.25, 0.3) is 0 Å². The van der Waals surface area contributed by atoms with Crippen LogP contribution in [-0.2, 0) is 9.59 Å². The predicted octanol–water partition coefficient (Wildman–Crippen LogP) is 3.51. The largest absolute Gasteiger partial charge is 0.352 e. The Kier molecular flexibility index (Phi) is 6.04.